The molecule has 1 aromatic carbocycles. The van der Waals surface area contributed by atoms with Crippen molar-refractivity contribution in [2.75, 3.05) is 14.2 Å². The van der Waals surface area contributed by atoms with Crippen LogP contribution in [0.25, 0.3) is 10.8 Å². The van der Waals surface area contributed by atoms with E-state index in [1.807, 2.05) is 13.8 Å². The summed E-state index contributed by atoms with van der Waals surface area (Å²) in [5.41, 5.74) is -0.533. The molecule has 2 N–H and O–H groups in total. The molecule has 0 fully saturated rings. The Morgan fingerprint density at radius 1 is 1.26 bits per heavy atom. The van der Waals surface area contributed by atoms with Crippen molar-refractivity contribution >= 4 is 22.6 Å². The molecule has 0 radical (unpaired) electrons. The van der Waals surface area contributed by atoms with Crippen LogP contribution in [0.2, 0.25) is 0 Å². The van der Waals surface area contributed by atoms with Crippen LogP contribution in [0.5, 0.6) is 11.5 Å². The highest BCUT2D eigenvalue weighted by Crippen LogP contribution is 2.32. The first-order chi connectivity index (χ1) is 12.8. The summed E-state index contributed by atoms with van der Waals surface area (Å²) >= 11 is 0. The third-order valence-corrected chi connectivity index (χ3v) is 4.00. The maximum absolute atomic E-state index is 12.8. The normalized spacial score (nSPS) is 12.0. The van der Waals surface area contributed by atoms with Crippen molar-refractivity contribution in [3.63, 3.8) is 0 Å². The van der Waals surface area contributed by atoms with Gasteiger partial charge in [-0.3, -0.25) is 9.59 Å². The van der Waals surface area contributed by atoms with E-state index < -0.39 is 30.0 Å². The van der Waals surface area contributed by atoms with Gasteiger partial charge in [0.05, 0.1) is 25.8 Å². The largest absolute Gasteiger partial charge is 0.493 e. The zero-order valence-corrected chi connectivity index (χ0v) is 15.7. The highest BCUT2D eigenvalue weighted by atomic mass is 16.5. The summed E-state index contributed by atoms with van der Waals surface area (Å²) in [7, 11) is 2.87. The first-order valence-electron chi connectivity index (χ1n) is 8.41. The molecule has 9 heteroatoms. The fourth-order valence-electron chi connectivity index (χ4n) is 2.77. The molecule has 1 unspecified atom stereocenters. The number of amides is 1. The number of nitrogens with zero attached hydrogens (tertiary/aromatic N) is 2. The van der Waals surface area contributed by atoms with Crippen molar-refractivity contribution in [1.82, 2.24) is 15.1 Å². The van der Waals surface area contributed by atoms with Crippen LogP contribution in [-0.2, 0) is 16.1 Å². The summed E-state index contributed by atoms with van der Waals surface area (Å²) in [4.78, 5) is 36.3. The smallest absolute Gasteiger partial charge is 0.326 e. The maximum Gasteiger partial charge on any atom is 0.326 e. The standard InChI is InChI=1S/C18H23N3O6/c1-10(2)7-12(18(24)25)20-14(22)9-21-17(23)15-11(8-19-21)5-6-13(26-3)16(15)27-4/h5-6,8,10,12H,7,9H2,1-4H3,(H,20,22)(H,24,25). The molecule has 2 aromatic rings. The number of fused-ring (bicyclic) bond motifs is 1. The minimum atomic E-state index is -1.12. The number of rotatable bonds is 8. The lowest BCUT2D eigenvalue weighted by Gasteiger charge is -2.17. The second kappa shape index (κ2) is 8.52. The van der Waals surface area contributed by atoms with E-state index in [1.54, 1.807) is 12.1 Å². The number of carbonyl (C=O) groups excluding carboxylic acids is 1. The summed E-state index contributed by atoms with van der Waals surface area (Å²) in [6.07, 6.45) is 1.72. The van der Waals surface area contributed by atoms with Crippen LogP contribution < -0.4 is 20.3 Å². The van der Waals surface area contributed by atoms with Gasteiger partial charge in [0.15, 0.2) is 11.5 Å². The molecule has 1 amide bonds. The Kier molecular flexibility index (Phi) is 6.38. The lowest BCUT2D eigenvalue weighted by Crippen LogP contribution is -2.44. The molecule has 0 spiro atoms. The Morgan fingerprint density at radius 2 is 1.96 bits per heavy atom. The van der Waals surface area contributed by atoms with Gasteiger partial charge in [-0.15, -0.1) is 0 Å². The van der Waals surface area contributed by atoms with E-state index >= 15 is 0 Å². The van der Waals surface area contributed by atoms with Crippen LogP contribution in [0.15, 0.2) is 23.1 Å². The van der Waals surface area contributed by atoms with E-state index in [0.29, 0.717) is 11.1 Å². The second-order valence-electron chi connectivity index (χ2n) is 6.46. The van der Waals surface area contributed by atoms with Crippen molar-refractivity contribution in [2.45, 2.75) is 32.9 Å². The molecule has 27 heavy (non-hydrogen) atoms. The zero-order chi connectivity index (χ0) is 20.1. The molecule has 2 rings (SSSR count). The molecule has 0 aliphatic rings. The van der Waals surface area contributed by atoms with Gasteiger partial charge in [0.25, 0.3) is 5.56 Å². The Bertz CT molecular complexity index is 906. The van der Waals surface area contributed by atoms with Crippen LogP contribution in [0.1, 0.15) is 20.3 Å². The first kappa shape index (κ1) is 20.2. The third kappa shape index (κ3) is 4.55. The van der Waals surface area contributed by atoms with Crippen molar-refractivity contribution in [3.05, 3.63) is 28.7 Å². The average molecular weight is 377 g/mol. The zero-order valence-electron chi connectivity index (χ0n) is 15.7. The average Bonchev–Trinajstić information content (AvgIpc) is 2.62. The van der Waals surface area contributed by atoms with Crippen molar-refractivity contribution in [3.8, 4) is 11.5 Å². The Morgan fingerprint density at radius 3 is 2.52 bits per heavy atom. The number of carbonyl (C=O) groups is 2. The number of ether oxygens (including phenoxy) is 2. The van der Waals surface area contributed by atoms with Gasteiger partial charge < -0.3 is 19.9 Å². The van der Waals surface area contributed by atoms with Gasteiger partial charge in [0, 0.05) is 5.39 Å². The van der Waals surface area contributed by atoms with E-state index in [-0.39, 0.29) is 23.5 Å². The molecule has 9 nitrogen and oxygen atoms in total. The highest BCUT2D eigenvalue weighted by Gasteiger charge is 2.22. The van der Waals surface area contributed by atoms with E-state index in [4.69, 9.17) is 9.47 Å². The van der Waals surface area contributed by atoms with Gasteiger partial charge >= 0.3 is 5.97 Å². The molecular formula is C18H23N3O6. The molecule has 0 saturated carbocycles. The molecule has 0 saturated heterocycles. The van der Waals surface area contributed by atoms with Crippen LogP contribution in [0, 0.1) is 5.92 Å². The fourth-order valence-corrected chi connectivity index (χ4v) is 2.77. The van der Waals surface area contributed by atoms with E-state index in [9.17, 15) is 19.5 Å². The number of hydrogen-bond donors (Lipinski definition) is 2. The van der Waals surface area contributed by atoms with Gasteiger partial charge in [0.1, 0.15) is 12.6 Å². The van der Waals surface area contributed by atoms with Crippen LogP contribution in [0.4, 0.5) is 0 Å². The molecule has 1 heterocycles. The van der Waals surface area contributed by atoms with E-state index in [0.717, 1.165) is 4.68 Å². The lowest BCUT2D eigenvalue weighted by atomic mass is 10.0. The summed E-state index contributed by atoms with van der Waals surface area (Å²) in [6.45, 7) is 3.31. The number of aromatic nitrogens is 2. The fraction of sp³-hybridized carbons (Fsp3) is 0.444. The summed E-state index contributed by atoms with van der Waals surface area (Å²) < 4.78 is 11.4. The van der Waals surface area contributed by atoms with E-state index in [2.05, 4.69) is 10.4 Å². The number of aliphatic carboxylic acids is 1. The van der Waals surface area contributed by atoms with Crippen LogP contribution >= 0.6 is 0 Å². The Labute approximate surface area is 155 Å². The lowest BCUT2D eigenvalue weighted by molar-refractivity contribution is -0.142. The summed E-state index contributed by atoms with van der Waals surface area (Å²) in [5.74, 6) is -1.02. The topological polar surface area (TPSA) is 120 Å². The van der Waals surface area contributed by atoms with Crippen molar-refractivity contribution in [1.29, 1.82) is 0 Å². The van der Waals surface area contributed by atoms with Crippen LogP contribution in [0.3, 0.4) is 0 Å². The molecule has 0 aliphatic carbocycles. The third-order valence-electron chi connectivity index (χ3n) is 4.00. The Balaban J connectivity index is 2.34. The number of nitrogens with one attached hydrogen (secondary N) is 1. The highest BCUT2D eigenvalue weighted by molar-refractivity contribution is 5.89. The van der Waals surface area contributed by atoms with Gasteiger partial charge in [-0.1, -0.05) is 13.8 Å². The van der Waals surface area contributed by atoms with Crippen molar-refractivity contribution in [2.24, 2.45) is 5.92 Å². The first-order valence-corrected chi connectivity index (χ1v) is 8.41. The molecular weight excluding hydrogens is 354 g/mol. The quantitative estimate of drug-likeness (QED) is 0.705. The Hall–Kier alpha value is -3.10. The SMILES string of the molecule is COc1ccc2cnn(CC(=O)NC(CC(C)C)C(=O)O)c(=O)c2c1OC. The minimum absolute atomic E-state index is 0.0876. The predicted molar refractivity (Wildman–Crippen MR) is 98.1 cm³/mol. The van der Waals surface area contributed by atoms with Crippen LogP contribution in [-0.4, -0.2) is 47.0 Å². The number of methoxy groups -OCH3 is 2. The van der Waals surface area contributed by atoms with Gasteiger partial charge in [0.2, 0.25) is 5.91 Å². The second-order valence-corrected chi connectivity index (χ2v) is 6.46. The monoisotopic (exact) mass is 377 g/mol. The molecule has 146 valence electrons. The molecule has 0 aliphatic heterocycles. The number of carboxylic acid groups (broad SMARTS) is 1. The minimum Gasteiger partial charge on any atom is -0.493 e. The van der Waals surface area contributed by atoms with Gasteiger partial charge in [-0.25, -0.2) is 9.48 Å². The van der Waals surface area contributed by atoms with Crippen molar-refractivity contribution < 1.29 is 24.2 Å². The summed E-state index contributed by atoms with van der Waals surface area (Å²) in [5, 5.41) is 16.4. The summed E-state index contributed by atoms with van der Waals surface area (Å²) in [6, 6.07) is 2.30. The number of hydrogen-bond acceptors (Lipinski definition) is 6. The number of carboxylic acids is 1. The van der Waals surface area contributed by atoms with Gasteiger partial charge in [-0.2, -0.15) is 5.10 Å². The molecule has 1 atom stereocenters. The predicted octanol–water partition coefficient (Wildman–Crippen LogP) is 1.03. The maximum atomic E-state index is 12.8. The molecule has 0 bridgehead atoms. The van der Waals surface area contributed by atoms with Gasteiger partial charge in [-0.05, 0) is 24.5 Å². The molecule has 1 aromatic heterocycles. The number of benzene rings is 1. The van der Waals surface area contributed by atoms with E-state index in [1.165, 1.54) is 20.4 Å².